The number of pyridine rings is 1. The Bertz CT molecular complexity index is 1330. The van der Waals surface area contributed by atoms with Gasteiger partial charge in [0.1, 0.15) is 5.65 Å². The van der Waals surface area contributed by atoms with Crippen molar-refractivity contribution in [2.75, 3.05) is 14.1 Å². The molecule has 1 aromatic carbocycles. The molecule has 4 rings (SSSR count). The van der Waals surface area contributed by atoms with Gasteiger partial charge in [0.15, 0.2) is 0 Å². The highest BCUT2D eigenvalue weighted by molar-refractivity contribution is 7.89. The second-order valence-electron chi connectivity index (χ2n) is 9.11. The Balaban J connectivity index is 1.66. The van der Waals surface area contributed by atoms with Crippen LogP contribution in [0.1, 0.15) is 37.8 Å². The standard InChI is InChI=1S/C24H27F3N4O4S/c1-30(2)15-17-14-21-20(12-13-28-22(21)29-17)16-8-10-19(11-9-16)36(33,34)31(18-6-4-3-5-7-18)35-23(32)24(25,26)27/h8-14,18H,3-7,15H2,1-2H3,(H,28,29). The Labute approximate surface area is 207 Å². The molecule has 0 unspecified atom stereocenters. The number of fused-ring (bicyclic) bond motifs is 1. The number of hydrogen-bond acceptors (Lipinski definition) is 6. The van der Waals surface area contributed by atoms with Gasteiger partial charge in [0.05, 0.1) is 10.9 Å². The molecule has 12 heteroatoms. The summed E-state index contributed by atoms with van der Waals surface area (Å²) < 4.78 is 65.6. The van der Waals surface area contributed by atoms with Crippen LogP contribution in [0.2, 0.25) is 0 Å². The van der Waals surface area contributed by atoms with E-state index >= 15 is 0 Å². The van der Waals surface area contributed by atoms with Crippen molar-refractivity contribution in [1.29, 1.82) is 0 Å². The van der Waals surface area contributed by atoms with E-state index in [2.05, 4.69) is 14.8 Å². The molecular formula is C24H27F3N4O4S. The van der Waals surface area contributed by atoms with Gasteiger partial charge in [0, 0.05) is 23.8 Å². The predicted octanol–water partition coefficient (Wildman–Crippen LogP) is 4.64. The highest BCUT2D eigenvalue weighted by atomic mass is 32.2. The van der Waals surface area contributed by atoms with Gasteiger partial charge in [-0.3, -0.25) is 0 Å². The molecule has 0 amide bonds. The minimum atomic E-state index is -5.32. The van der Waals surface area contributed by atoms with Crippen molar-refractivity contribution in [1.82, 2.24) is 19.3 Å². The molecule has 0 radical (unpaired) electrons. The molecule has 1 N–H and O–H groups in total. The van der Waals surface area contributed by atoms with E-state index in [9.17, 15) is 26.4 Å². The molecule has 1 saturated carbocycles. The zero-order chi connectivity index (χ0) is 26.1. The molecule has 0 saturated heterocycles. The van der Waals surface area contributed by atoms with Crippen molar-refractivity contribution in [3.63, 3.8) is 0 Å². The number of sulfonamides is 1. The Morgan fingerprint density at radius 2 is 1.78 bits per heavy atom. The fourth-order valence-corrected chi connectivity index (χ4v) is 5.87. The van der Waals surface area contributed by atoms with E-state index in [1.165, 1.54) is 12.1 Å². The number of H-pyrrole nitrogens is 1. The van der Waals surface area contributed by atoms with E-state index < -0.39 is 28.2 Å². The normalized spacial score (nSPS) is 15.6. The average Bonchev–Trinajstić information content (AvgIpc) is 3.24. The molecule has 1 aliphatic rings. The third-order valence-electron chi connectivity index (χ3n) is 6.05. The largest absolute Gasteiger partial charge is 0.492 e. The number of rotatable bonds is 7. The summed E-state index contributed by atoms with van der Waals surface area (Å²) >= 11 is 0. The Morgan fingerprint density at radius 1 is 1.11 bits per heavy atom. The second kappa shape index (κ2) is 10.2. The molecule has 194 valence electrons. The molecule has 1 aliphatic carbocycles. The van der Waals surface area contributed by atoms with E-state index in [0.717, 1.165) is 23.1 Å². The molecule has 3 aromatic rings. The summed E-state index contributed by atoms with van der Waals surface area (Å²) in [4.78, 5) is 25.4. The van der Waals surface area contributed by atoms with E-state index in [-0.39, 0.29) is 9.36 Å². The van der Waals surface area contributed by atoms with Gasteiger partial charge in [-0.1, -0.05) is 31.4 Å². The van der Waals surface area contributed by atoms with Gasteiger partial charge in [-0.05, 0) is 66.8 Å². The van der Waals surface area contributed by atoms with Crippen LogP contribution in [0.4, 0.5) is 13.2 Å². The van der Waals surface area contributed by atoms with Crippen LogP contribution < -0.4 is 0 Å². The number of alkyl halides is 3. The monoisotopic (exact) mass is 524 g/mol. The average molecular weight is 525 g/mol. The number of benzene rings is 1. The summed E-state index contributed by atoms with van der Waals surface area (Å²) in [7, 11) is -0.649. The first kappa shape index (κ1) is 26.1. The quantitative estimate of drug-likeness (QED) is 0.453. The molecule has 8 nitrogen and oxygen atoms in total. The molecule has 0 bridgehead atoms. The third-order valence-corrected chi connectivity index (χ3v) is 7.77. The summed E-state index contributed by atoms with van der Waals surface area (Å²) in [5.74, 6) is -2.56. The summed E-state index contributed by atoms with van der Waals surface area (Å²) in [6, 6.07) is 8.69. The van der Waals surface area contributed by atoms with E-state index in [4.69, 9.17) is 0 Å². The maximum absolute atomic E-state index is 13.3. The van der Waals surface area contributed by atoms with Gasteiger partial charge < -0.3 is 14.7 Å². The summed E-state index contributed by atoms with van der Waals surface area (Å²) in [6.07, 6.45) is -0.976. The summed E-state index contributed by atoms with van der Waals surface area (Å²) in [5.41, 5.74) is 3.17. The van der Waals surface area contributed by atoms with Crippen molar-refractivity contribution in [2.24, 2.45) is 0 Å². The predicted molar refractivity (Wildman–Crippen MR) is 127 cm³/mol. The lowest BCUT2D eigenvalue weighted by molar-refractivity contribution is -0.228. The van der Waals surface area contributed by atoms with Gasteiger partial charge in [0.25, 0.3) is 10.0 Å². The van der Waals surface area contributed by atoms with Crippen molar-refractivity contribution in [2.45, 2.75) is 55.8 Å². The van der Waals surface area contributed by atoms with Crippen molar-refractivity contribution in [3.05, 3.63) is 48.3 Å². The smallest absolute Gasteiger partial charge is 0.345 e. The van der Waals surface area contributed by atoms with Crippen LogP contribution >= 0.6 is 0 Å². The molecular weight excluding hydrogens is 497 g/mol. The summed E-state index contributed by atoms with van der Waals surface area (Å²) in [5, 5.41) is 0.855. The second-order valence-corrected chi connectivity index (χ2v) is 10.9. The molecule has 0 spiro atoms. The highest BCUT2D eigenvalue weighted by Crippen LogP contribution is 2.33. The zero-order valence-corrected chi connectivity index (χ0v) is 20.7. The molecule has 2 heterocycles. The number of aromatic amines is 1. The zero-order valence-electron chi connectivity index (χ0n) is 19.9. The number of nitrogens with zero attached hydrogens (tertiary/aromatic N) is 3. The molecule has 2 aromatic heterocycles. The molecule has 1 fully saturated rings. The number of aromatic nitrogens is 2. The SMILES string of the molecule is CN(C)Cc1cc2c(-c3ccc(S(=O)(=O)N(OC(=O)C(F)(F)F)C4CCCCC4)cc3)ccnc2[nH]1. The number of nitrogens with one attached hydrogen (secondary N) is 1. The molecule has 0 atom stereocenters. The van der Waals surface area contributed by atoms with Gasteiger partial charge in [0.2, 0.25) is 0 Å². The van der Waals surface area contributed by atoms with Crippen LogP contribution in [-0.2, 0) is 26.2 Å². The van der Waals surface area contributed by atoms with Crippen LogP contribution in [0, 0.1) is 0 Å². The molecule has 36 heavy (non-hydrogen) atoms. The van der Waals surface area contributed by atoms with E-state index in [0.29, 0.717) is 43.4 Å². The van der Waals surface area contributed by atoms with Gasteiger partial charge in [-0.2, -0.15) is 13.2 Å². The summed E-state index contributed by atoms with van der Waals surface area (Å²) in [6.45, 7) is 0.681. The van der Waals surface area contributed by atoms with Gasteiger partial charge >= 0.3 is 12.1 Å². The first-order chi connectivity index (χ1) is 17.0. The number of carbonyl (C=O) groups is 1. The number of hydroxylamine groups is 1. The maximum Gasteiger partial charge on any atom is 0.492 e. The highest BCUT2D eigenvalue weighted by Gasteiger charge is 2.46. The van der Waals surface area contributed by atoms with Crippen molar-refractivity contribution in [3.8, 4) is 11.1 Å². The van der Waals surface area contributed by atoms with Gasteiger partial charge in [-0.15, -0.1) is 0 Å². The Kier molecular flexibility index (Phi) is 7.39. The fourth-order valence-electron chi connectivity index (χ4n) is 4.41. The van der Waals surface area contributed by atoms with E-state index in [1.54, 1.807) is 24.4 Å². The first-order valence-corrected chi connectivity index (χ1v) is 13.0. The Hall–Kier alpha value is -2.96. The molecule has 0 aliphatic heterocycles. The number of hydrogen-bond donors (Lipinski definition) is 1. The maximum atomic E-state index is 13.3. The first-order valence-electron chi connectivity index (χ1n) is 11.5. The minimum absolute atomic E-state index is 0.251. The van der Waals surface area contributed by atoms with Crippen LogP contribution in [0.5, 0.6) is 0 Å². The topological polar surface area (TPSA) is 95.6 Å². The van der Waals surface area contributed by atoms with Crippen molar-refractivity contribution >= 4 is 27.0 Å². The van der Waals surface area contributed by atoms with Gasteiger partial charge in [-0.25, -0.2) is 18.2 Å². The van der Waals surface area contributed by atoms with Crippen LogP contribution in [-0.4, -0.2) is 60.0 Å². The third kappa shape index (κ3) is 5.55. The van der Waals surface area contributed by atoms with Crippen molar-refractivity contribution < 1.29 is 31.2 Å². The number of halogens is 3. The number of carbonyl (C=O) groups excluding carboxylic acids is 1. The Morgan fingerprint density at radius 3 is 2.39 bits per heavy atom. The van der Waals surface area contributed by atoms with Crippen LogP contribution in [0.25, 0.3) is 22.2 Å². The lowest BCUT2D eigenvalue weighted by Gasteiger charge is -2.31. The van der Waals surface area contributed by atoms with Crippen LogP contribution in [0.3, 0.4) is 0 Å². The van der Waals surface area contributed by atoms with Crippen LogP contribution in [0.15, 0.2) is 47.5 Å². The van der Waals surface area contributed by atoms with E-state index in [1.807, 2.05) is 25.1 Å². The minimum Gasteiger partial charge on any atom is -0.345 e. The fraction of sp³-hybridized carbons (Fsp3) is 0.417. The lowest BCUT2D eigenvalue weighted by atomic mass is 9.96. The lowest BCUT2D eigenvalue weighted by Crippen LogP contribution is -2.45.